The highest BCUT2D eigenvalue weighted by molar-refractivity contribution is 5.70. The summed E-state index contributed by atoms with van der Waals surface area (Å²) in [7, 11) is 0. The summed E-state index contributed by atoms with van der Waals surface area (Å²) in [6.45, 7) is 12.1. The molecule has 48 heavy (non-hydrogen) atoms. The first-order valence-electron chi connectivity index (χ1n) is 18.1. The average molecular weight is 677 g/mol. The molecular formula is C38H60O10. The molecule has 2 fully saturated rings. The van der Waals surface area contributed by atoms with E-state index in [-0.39, 0.29) is 25.0 Å². The minimum atomic E-state index is -1.50. The quantitative estimate of drug-likeness (QED) is 0.0474. The van der Waals surface area contributed by atoms with Gasteiger partial charge in [0.2, 0.25) is 12.6 Å². The average Bonchev–Trinajstić information content (AvgIpc) is 3.32. The summed E-state index contributed by atoms with van der Waals surface area (Å²) in [5, 5.41) is 33.3. The van der Waals surface area contributed by atoms with E-state index < -0.39 is 71.5 Å². The number of rotatable bonds is 19. The third-order valence-corrected chi connectivity index (χ3v) is 11.0. The van der Waals surface area contributed by atoms with Crippen molar-refractivity contribution in [3.63, 3.8) is 0 Å². The van der Waals surface area contributed by atoms with E-state index in [9.17, 15) is 29.7 Å². The molecule has 1 saturated heterocycles. The zero-order valence-electron chi connectivity index (χ0n) is 29.8. The van der Waals surface area contributed by atoms with Crippen LogP contribution in [0.4, 0.5) is 0 Å². The Labute approximate surface area is 286 Å². The normalized spacial score (nSPS) is 32.9. The maximum atomic E-state index is 13.4. The van der Waals surface area contributed by atoms with Crippen molar-refractivity contribution in [1.82, 2.24) is 0 Å². The minimum absolute atomic E-state index is 0.172. The highest BCUT2D eigenvalue weighted by Crippen LogP contribution is 2.67. The first-order chi connectivity index (χ1) is 22.9. The largest absolute Gasteiger partial charge is 0.459 e. The Morgan fingerprint density at radius 3 is 2.08 bits per heavy atom. The summed E-state index contributed by atoms with van der Waals surface area (Å²) in [5.41, 5.74) is -1.43. The Morgan fingerprint density at radius 2 is 1.54 bits per heavy atom. The molecule has 0 amide bonds. The smallest absolute Gasteiger partial charge is 0.306 e. The zero-order chi connectivity index (χ0) is 35.5. The molecule has 2 aliphatic carbocycles. The van der Waals surface area contributed by atoms with Crippen molar-refractivity contribution >= 4 is 17.9 Å². The van der Waals surface area contributed by atoms with E-state index in [1.165, 1.54) is 64.9 Å². The number of aliphatic hydroxyl groups is 3. The number of carbonyl (C=O) groups is 3. The van der Waals surface area contributed by atoms with Crippen molar-refractivity contribution in [2.75, 3.05) is 6.61 Å². The Morgan fingerprint density at radius 1 is 0.958 bits per heavy atom. The summed E-state index contributed by atoms with van der Waals surface area (Å²) in [6, 6.07) is 0. The van der Waals surface area contributed by atoms with Crippen LogP contribution >= 0.6 is 0 Å². The first-order valence-corrected chi connectivity index (χ1v) is 18.1. The van der Waals surface area contributed by atoms with Crippen LogP contribution in [0.25, 0.3) is 0 Å². The molecule has 0 aromatic heterocycles. The number of aliphatic hydroxyl groups excluding tert-OH is 3. The van der Waals surface area contributed by atoms with E-state index in [2.05, 4.69) is 13.5 Å². The van der Waals surface area contributed by atoms with Gasteiger partial charge in [-0.05, 0) is 42.2 Å². The maximum absolute atomic E-state index is 13.4. The first kappa shape index (κ1) is 39.9. The van der Waals surface area contributed by atoms with Gasteiger partial charge in [-0.2, -0.15) is 0 Å². The number of esters is 3. The van der Waals surface area contributed by atoms with Crippen LogP contribution < -0.4 is 0 Å². The molecule has 1 spiro atoms. The van der Waals surface area contributed by atoms with Crippen molar-refractivity contribution in [3.8, 4) is 0 Å². The van der Waals surface area contributed by atoms with Crippen molar-refractivity contribution in [2.45, 2.75) is 155 Å². The van der Waals surface area contributed by atoms with Crippen LogP contribution in [-0.2, 0) is 33.3 Å². The van der Waals surface area contributed by atoms with Crippen LogP contribution in [0, 0.1) is 22.7 Å². The van der Waals surface area contributed by atoms with Gasteiger partial charge in [0.05, 0.1) is 18.1 Å². The van der Waals surface area contributed by atoms with E-state index in [1.54, 1.807) is 6.08 Å². The molecule has 10 nitrogen and oxygen atoms in total. The van der Waals surface area contributed by atoms with Crippen LogP contribution in [0.15, 0.2) is 36.0 Å². The van der Waals surface area contributed by atoms with E-state index in [0.717, 1.165) is 19.3 Å². The lowest BCUT2D eigenvalue weighted by atomic mass is 9.44. The molecule has 3 rings (SSSR count). The summed E-state index contributed by atoms with van der Waals surface area (Å²) in [4.78, 5) is 37.9. The van der Waals surface area contributed by atoms with E-state index in [1.807, 2.05) is 19.9 Å². The van der Waals surface area contributed by atoms with Crippen LogP contribution in [0.2, 0.25) is 0 Å². The van der Waals surface area contributed by atoms with Gasteiger partial charge in [0.1, 0.15) is 12.2 Å². The highest BCUT2D eigenvalue weighted by Gasteiger charge is 2.74. The van der Waals surface area contributed by atoms with Crippen molar-refractivity contribution < 1.29 is 48.7 Å². The number of ether oxygens (including phenoxy) is 4. The molecule has 0 aromatic carbocycles. The van der Waals surface area contributed by atoms with Crippen molar-refractivity contribution in [3.05, 3.63) is 36.0 Å². The second-order valence-electron chi connectivity index (χ2n) is 14.3. The predicted molar refractivity (Wildman–Crippen MR) is 181 cm³/mol. The van der Waals surface area contributed by atoms with E-state index in [0.29, 0.717) is 18.4 Å². The van der Waals surface area contributed by atoms with Crippen LogP contribution in [0.5, 0.6) is 0 Å². The Bertz CT molecular complexity index is 1160. The number of unbranched alkanes of at least 4 members (excludes halogenated alkanes) is 10. The summed E-state index contributed by atoms with van der Waals surface area (Å²) < 4.78 is 23.4. The molecule has 272 valence electrons. The summed E-state index contributed by atoms with van der Waals surface area (Å²) >= 11 is 0. The van der Waals surface area contributed by atoms with Crippen LogP contribution in [0.1, 0.15) is 125 Å². The lowest BCUT2D eigenvalue weighted by Gasteiger charge is -2.62. The monoisotopic (exact) mass is 676 g/mol. The molecule has 0 bridgehead atoms. The molecule has 1 heterocycles. The predicted octanol–water partition coefficient (Wildman–Crippen LogP) is 6.21. The fraction of sp³-hybridized carbons (Fsp3) is 0.763. The molecule has 0 aromatic rings. The van der Waals surface area contributed by atoms with Gasteiger partial charge in [0, 0.05) is 31.8 Å². The summed E-state index contributed by atoms with van der Waals surface area (Å²) in [5.74, 6) is -2.79. The van der Waals surface area contributed by atoms with Crippen molar-refractivity contribution in [2.24, 2.45) is 22.7 Å². The van der Waals surface area contributed by atoms with Crippen LogP contribution in [0.3, 0.4) is 0 Å². The maximum Gasteiger partial charge on any atom is 0.306 e. The molecule has 3 N–H and O–H groups in total. The fourth-order valence-electron chi connectivity index (χ4n) is 8.23. The second kappa shape index (κ2) is 18.5. The molecule has 10 heteroatoms. The Balaban J connectivity index is 1.87. The fourth-order valence-corrected chi connectivity index (χ4v) is 8.23. The number of hydrogen-bond acceptors (Lipinski definition) is 10. The van der Waals surface area contributed by atoms with Crippen LogP contribution in [-0.4, -0.2) is 70.7 Å². The number of hydrogen-bond donors (Lipinski definition) is 3. The second-order valence-corrected chi connectivity index (χ2v) is 14.3. The Hall–Kier alpha value is -2.53. The lowest BCUT2D eigenvalue weighted by Crippen LogP contribution is -2.68. The van der Waals surface area contributed by atoms with E-state index in [4.69, 9.17) is 18.9 Å². The topological polar surface area (TPSA) is 149 Å². The SMILES string of the molecule is C=CC(=CCC1(C)C(C)C(OC(=O)CCCCCCCCCCCCC)C(O)C23C(=CC(O)CC12)C(OC(C)=O)OC3OC(C)=O)CO. The molecule has 0 radical (unpaired) electrons. The van der Waals surface area contributed by atoms with Gasteiger partial charge >= 0.3 is 17.9 Å². The molecule has 9 unspecified atom stereocenters. The number of allylic oxidation sites excluding steroid dienone is 1. The van der Waals surface area contributed by atoms with Crippen molar-refractivity contribution in [1.29, 1.82) is 0 Å². The zero-order valence-corrected chi connectivity index (χ0v) is 29.8. The van der Waals surface area contributed by atoms with Gasteiger partial charge in [-0.25, -0.2) is 0 Å². The molecule has 1 aliphatic heterocycles. The Kier molecular flexibility index (Phi) is 15.3. The lowest BCUT2D eigenvalue weighted by molar-refractivity contribution is -0.275. The summed E-state index contributed by atoms with van der Waals surface area (Å²) in [6.07, 6.45) is 12.1. The number of carbonyl (C=O) groups excluding carboxylic acids is 3. The van der Waals surface area contributed by atoms with Gasteiger partial charge in [-0.3, -0.25) is 19.1 Å². The van der Waals surface area contributed by atoms with E-state index >= 15 is 0 Å². The molecule has 1 saturated carbocycles. The van der Waals surface area contributed by atoms with Gasteiger partial charge in [-0.1, -0.05) is 104 Å². The van der Waals surface area contributed by atoms with Gasteiger partial charge in [-0.15, -0.1) is 0 Å². The molecular weight excluding hydrogens is 616 g/mol. The standard InChI is InChI=1S/C38H60O10/c1-7-9-10-11-12-13-14-15-16-17-18-19-32(43)47-33-25(3)37(6,21-20-28(8-2)24-39)31-23-29(42)22-30-35(45-26(4)40)48-36(46-27(5)41)38(30,31)34(33)44/h8,20,22,25,29,31,33-36,39,42,44H,2,7,9-19,21,23-24H2,1,3-6H3. The van der Waals surface area contributed by atoms with Gasteiger partial charge in [0.15, 0.2) is 0 Å². The molecule has 3 aliphatic rings. The minimum Gasteiger partial charge on any atom is -0.459 e. The highest BCUT2D eigenvalue weighted by atomic mass is 16.8. The third kappa shape index (κ3) is 9.17. The third-order valence-electron chi connectivity index (χ3n) is 11.0. The van der Waals surface area contributed by atoms with Gasteiger partial charge in [0.25, 0.3) is 0 Å². The molecule has 9 atom stereocenters. The van der Waals surface area contributed by atoms with Gasteiger partial charge < -0.3 is 29.5 Å².